The Morgan fingerprint density at radius 1 is 1.10 bits per heavy atom. The van der Waals surface area contributed by atoms with Gasteiger partial charge in [0.15, 0.2) is 0 Å². The molecule has 0 bridgehead atoms. The Kier molecular flexibility index (Phi) is 7.64. The van der Waals surface area contributed by atoms with Crippen LogP contribution in [0, 0.1) is 5.92 Å². The fourth-order valence-corrected chi connectivity index (χ4v) is 5.00. The zero-order valence-corrected chi connectivity index (χ0v) is 18.2. The van der Waals surface area contributed by atoms with Gasteiger partial charge in [0, 0.05) is 31.7 Å². The molecule has 0 unspecified atom stereocenters. The summed E-state index contributed by atoms with van der Waals surface area (Å²) < 4.78 is 32.1. The van der Waals surface area contributed by atoms with Crippen molar-refractivity contribution < 1.29 is 22.7 Å². The Morgan fingerprint density at radius 3 is 2.48 bits per heavy atom. The lowest BCUT2D eigenvalue weighted by atomic mass is 9.99. The number of benzene rings is 2. The van der Waals surface area contributed by atoms with E-state index in [1.165, 1.54) is 4.31 Å². The topological polar surface area (TPSA) is 105 Å². The van der Waals surface area contributed by atoms with Crippen LogP contribution >= 0.6 is 0 Å². The highest BCUT2D eigenvalue weighted by Gasteiger charge is 2.33. The summed E-state index contributed by atoms with van der Waals surface area (Å²) in [7, 11) is -2.05. The summed E-state index contributed by atoms with van der Waals surface area (Å²) in [6.45, 7) is 0.717. The van der Waals surface area contributed by atoms with Crippen LogP contribution in [0.5, 0.6) is 5.75 Å². The molecule has 1 fully saturated rings. The van der Waals surface area contributed by atoms with Crippen LogP contribution in [0.3, 0.4) is 0 Å². The van der Waals surface area contributed by atoms with Crippen LogP contribution in [0.25, 0.3) is 0 Å². The molecule has 166 valence electrons. The largest absolute Gasteiger partial charge is 0.497 e. The van der Waals surface area contributed by atoms with E-state index in [4.69, 9.17) is 4.74 Å². The molecule has 2 aromatic carbocycles. The van der Waals surface area contributed by atoms with Gasteiger partial charge >= 0.3 is 0 Å². The van der Waals surface area contributed by atoms with E-state index in [9.17, 15) is 18.0 Å². The Morgan fingerprint density at radius 2 is 1.81 bits per heavy atom. The fraction of sp³-hybridized carbons (Fsp3) is 0.364. The molecule has 1 aliphatic heterocycles. The van der Waals surface area contributed by atoms with E-state index in [-0.39, 0.29) is 36.2 Å². The minimum Gasteiger partial charge on any atom is -0.497 e. The summed E-state index contributed by atoms with van der Waals surface area (Å²) in [6.07, 6.45) is 1.35. The molecular weight excluding hydrogens is 418 g/mol. The van der Waals surface area contributed by atoms with E-state index in [0.29, 0.717) is 30.8 Å². The number of anilines is 1. The molecule has 3 rings (SSSR count). The molecule has 9 heteroatoms. The van der Waals surface area contributed by atoms with Gasteiger partial charge in [-0.15, -0.1) is 0 Å². The molecular formula is C22H27N3O5S. The van der Waals surface area contributed by atoms with Gasteiger partial charge in [-0.3, -0.25) is 9.59 Å². The van der Waals surface area contributed by atoms with Crippen LogP contribution in [0.15, 0.2) is 59.5 Å². The van der Waals surface area contributed by atoms with Crippen LogP contribution < -0.4 is 15.4 Å². The Hall–Kier alpha value is -2.91. The van der Waals surface area contributed by atoms with Crippen molar-refractivity contribution in [2.45, 2.75) is 24.2 Å². The number of sulfonamides is 1. The fourth-order valence-electron chi connectivity index (χ4n) is 3.46. The lowest BCUT2D eigenvalue weighted by Gasteiger charge is -2.31. The predicted molar refractivity (Wildman–Crippen MR) is 117 cm³/mol. The third-order valence-corrected chi connectivity index (χ3v) is 7.04. The normalized spacial score (nSPS) is 17.0. The van der Waals surface area contributed by atoms with Crippen LogP contribution in [0.4, 0.5) is 5.69 Å². The summed E-state index contributed by atoms with van der Waals surface area (Å²) in [5.74, 6) is -0.189. The lowest BCUT2D eigenvalue weighted by molar-refractivity contribution is -0.126. The first-order valence-electron chi connectivity index (χ1n) is 10.2. The molecule has 0 aromatic heterocycles. The Balaban J connectivity index is 1.47. The van der Waals surface area contributed by atoms with Gasteiger partial charge in [0.2, 0.25) is 21.8 Å². The molecule has 8 nitrogen and oxygen atoms in total. The second kappa shape index (κ2) is 10.4. The SMILES string of the molecule is COc1ccc(NC(=O)CCNC(=O)[C@@H]2CCCN(S(=O)(=O)c3ccccc3)C2)cc1. The maximum Gasteiger partial charge on any atom is 0.243 e. The van der Waals surface area contributed by atoms with E-state index in [0.717, 1.165) is 0 Å². The van der Waals surface area contributed by atoms with E-state index in [2.05, 4.69) is 10.6 Å². The average molecular weight is 446 g/mol. The van der Waals surface area contributed by atoms with Gasteiger partial charge < -0.3 is 15.4 Å². The number of ether oxygens (including phenoxy) is 1. The monoisotopic (exact) mass is 445 g/mol. The van der Waals surface area contributed by atoms with Crippen LogP contribution in [0.1, 0.15) is 19.3 Å². The second-order valence-corrected chi connectivity index (χ2v) is 9.27. The quantitative estimate of drug-likeness (QED) is 0.648. The number of nitrogens with one attached hydrogen (secondary N) is 2. The average Bonchev–Trinajstić information content (AvgIpc) is 2.80. The molecule has 0 aliphatic carbocycles. The maximum atomic E-state index is 12.8. The highest BCUT2D eigenvalue weighted by atomic mass is 32.2. The molecule has 31 heavy (non-hydrogen) atoms. The van der Waals surface area contributed by atoms with Crippen molar-refractivity contribution in [2.24, 2.45) is 5.92 Å². The van der Waals surface area contributed by atoms with Gasteiger partial charge in [0.05, 0.1) is 17.9 Å². The number of nitrogens with zero attached hydrogens (tertiary/aromatic N) is 1. The number of carbonyl (C=O) groups is 2. The summed E-state index contributed by atoms with van der Waals surface area (Å²) in [6, 6.07) is 15.2. The van der Waals surface area contributed by atoms with E-state index in [1.54, 1.807) is 61.7 Å². The minimum atomic E-state index is -3.62. The summed E-state index contributed by atoms with van der Waals surface area (Å²) in [5, 5.41) is 5.52. The standard InChI is InChI=1S/C22H27N3O5S/c1-30-19-11-9-18(10-12-19)24-21(26)13-14-23-22(27)17-6-5-15-25(16-17)31(28,29)20-7-3-2-4-8-20/h2-4,7-12,17H,5-6,13-16H2,1H3,(H,23,27)(H,24,26)/t17-/m1/s1. The molecule has 2 N–H and O–H groups in total. The Bertz CT molecular complexity index is 994. The van der Waals surface area contributed by atoms with Crippen molar-refractivity contribution >= 4 is 27.5 Å². The number of methoxy groups -OCH3 is 1. The third kappa shape index (κ3) is 6.05. The lowest BCUT2D eigenvalue weighted by Crippen LogP contribution is -2.45. The molecule has 1 heterocycles. The van der Waals surface area contributed by atoms with Crippen molar-refractivity contribution in [3.05, 3.63) is 54.6 Å². The number of amides is 2. The van der Waals surface area contributed by atoms with E-state index >= 15 is 0 Å². The van der Waals surface area contributed by atoms with Gasteiger partial charge in [-0.05, 0) is 49.2 Å². The summed E-state index contributed by atoms with van der Waals surface area (Å²) >= 11 is 0. The molecule has 0 saturated carbocycles. The van der Waals surface area contributed by atoms with Gasteiger partial charge in [0.1, 0.15) is 5.75 Å². The van der Waals surface area contributed by atoms with Gasteiger partial charge in [-0.2, -0.15) is 4.31 Å². The van der Waals surface area contributed by atoms with Crippen molar-refractivity contribution in [3.8, 4) is 5.75 Å². The molecule has 2 amide bonds. The van der Waals surface area contributed by atoms with Gasteiger partial charge in [0.25, 0.3) is 0 Å². The van der Waals surface area contributed by atoms with Crippen molar-refractivity contribution in [2.75, 3.05) is 32.1 Å². The van der Waals surface area contributed by atoms with Crippen molar-refractivity contribution in [3.63, 3.8) is 0 Å². The van der Waals surface area contributed by atoms with E-state index < -0.39 is 15.9 Å². The molecule has 0 radical (unpaired) electrons. The number of hydrogen-bond donors (Lipinski definition) is 2. The smallest absolute Gasteiger partial charge is 0.243 e. The van der Waals surface area contributed by atoms with Gasteiger partial charge in [-0.25, -0.2) is 8.42 Å². The first kappa shape index (κ1) is 22.8. The highest BCUT2D eigenvalue weighted by molar-refractivity contribution is 7.89. The second-order valence-electron chi connectivity index (χ2n) is 7.33. The van der Waals surface area contributed by atoms with Crippen molar-refractivity contribution in [1.29, 1.82) is 0 Å². The Labute approximate surface area is 182 Å². The van der Waals surface area contributed by atoms with Gasteiger partial charge in [-0.1, -0.05) is 18.2 Å². The molecule has 2 aromatic rings. The van der Waals surface area contributed by atoms with Crippen LogP contribution in [-0.2, 0) is 19.6 Å². The number of hydrogen-bond acceptors (Lipinski definition) is 5. The van der Waals surface area contributed by atoms with Crippen molar-refractivity contribution in [1.82, 2.24) is 9.62 Å². The zero-order chi connectivity index (χ0) is 22.3. The molecule has 1 aliphatic rings. The molecule has 1 saturated heterocycles. The predicted octanol–water partition coefficient (Wildman–Crippen LogP) is 2.24. The maximum absolute atomic E-state index is 12.8. The zero-order valence-electron chi connectivity index (χ0n) is 17.4. The number of carbonyl (C=O) groups excluding carboxylic acids is 2. The van der Waals surface area contributed by atoms with Crippen LogP contribution in [0.2, 0.25) is 0 Å². The number of piperidine rings is 1. The summed E-state index contributed by atoms with van der Waals surface area (Å²) in [4.78, 5) is 24.9. The summed E-state index contributed by atoms with van der Waals surface area (Å²) in [5.41, 5.74) is 0.645. The van der Waals surface area contributed by atoms with Crippen LogP contribution in [-0.4, -0.2) is 51.3 Å². The molecule has 0 spiro atoms. The third-order valence-electron chi connectivity index (χ3n) is 5.16. The first-order chi connectivity index (χ1) is 14.9. The highest BCUT2D eigenvalue weighted by Crippen LogP contribution is 2.23. The first-order valence-corrected chi connectivity index (χ1v) is 11.6. The molecule has 1 atom stereocenters. The minimum absolute atomic E-state index is 0.122. The van der Waals surface area contributed by atoms with E-state index in [1.807, 2.05) is 0 Å². The number of rotatable bonds is 8.